The van der Waals surface area contributed by atoms with E-state index in [1.165, 1.54) is 9.13 Å². The van der Waals surface area contributed by atoms with Gasteiger partial charge in [0.15, 0.2) is 11.2 Å². The number of aromatic nitrogens is 5. The van der Waals surface area contributed by atoms with Crippen molar-refractivity contribution >= 4 is 16.9 Å². The molecule has 0 amide bonds. The van der Waals surface area contributed by atoms with E-state index in [9.17, 15) is 9.59 Å². The summed E-state index contributed by atoms with van der Waals surface area (Å²) in [7, 11) is 1.69. The second kappa shape index (κ2) is 7.79. The van der Waals surface area contributed by atoms with E-state index >= 15 is 0 Å². The van der Waals surface area contributed by atoms with Gasteiger partial charge in [-0.05, 0) is 20.3 Å². The highest BCUT2D eigenvalue weighted by Gasteiger charge is 2.22. The van der Waals surface area contributed by atoms with Crippen molar-refractivity contribution in [1.82, 2.24) is 28.0 Å². The number of hydrogen-bond acceptors (Lipinski definition) is 5. The second-order valence-corrected chi connectivity index (χ2v) is 7.85. The molecule has 29 heavy (non-hydrogen) atoms. The Morgan fingerprint density at radius 3 is 2.41 bits per heavy atom. The van der Waals surface area contributed by atoms with Gasteiger partial charge in [-0.3, -0.25) is 23.2 Å². The van der Waals surface area contributed by atoms with E-state index in [-0.39, 0.29) is 11.2 Å². The molecule has 0 radical (unpaired) electrons. The first-order valence-corrected chi connectivity index (χ1v) is 10.4. The molecule has 0 bridgehead atoms. The van der Waals surface area contributed by atoms with Crippen LogP contribution < -0.4 is 11.2 Å². The first kappa shape index (κ1) is 19.9. The van der Waals surface area contributed by atoms with Gasteiger partial charge in [-0.15, -0.1) is 0 Å². The molecule has 0 aromatic carbocycles. The fraction of sp³-hybridized carbons (Fsp3) is 0.650. The third-order valence-electron chi connectivity index (χ3n) is 6.11. The minimum absolute atomic E-state index is 0.252. The zero-order chi connectivity index (χ0) is 20.7. The van der Waals surface area contributed by atoms with Crippen LogP contribution in [0.15, 0.2) is 9.59 Å². The third kappa shape index (κ3) is 3.22. The molecular weight excluding hydrogens is 372 g/mol. The molecule has 0 saturated carbocycles. The van der Waals surface area contributed by atoms with Crippen molar-refractivity contribution in [2.75, 3.05) is 32.8 Å². The van der Waals surface area contributed by atoms with Gasteiger partial charge in [0.25, 0.3) is 5.56 Å². The molecular formula is C20H30N6O3. The minimum Gasteiger partial charge on any atom is -0.379 e. The maximum Gasteiger partial charge on any atom is 0.332 e. The molecule has 0 atom stereocenters. The summed E-state index contributed by atoms with van der Waals surface area (Å²) >= 11 is 0. The maximum atomic E-state index is 13.2. The van der Waals surface area contributed by atoms with Crippen molar-refractivity contribution in [3.05, 3.63) is 32.2 Å². The SMILES string of the molecule is CCCCn1c(=O)c2c(nc3n(CCN4CCOCC4)c(C)c(C)n23)n(C)c1=O. The van der Waals surface area contributed by atoms with E-state index in [0.29, 0.717) is 17.7 Å². The Balaban J connectivity index is 1.85. The van der Waals surface area contributed by atoms with E-state index < -0.39 is 0 Å². The normalized spacial score (nSPS) is 15.7. The van der Waals surface area contributed by atoms with Crippen LogP contribution in [-0.2, 0) is 24.9 Å². The van der Waals surface area contributed by atoms with E-state index in [0.717, 1.165) is 69.4 Å². The molecule has 3 aromatic rings. The quantitative estimate of drug-likeness (QED) is 0.612. The first-order chi connectivity index (χ1) is 14.0. The molecule has 0 unspecified atom stereocenters. The molecule has 158 valence electrons. The van der Waals surface area contributed by atoms with E-state index in [4.69, 9.17) is 9.72 Å². The summed E-state index contributed by atoms with van der Waals surface area (Å²) in [6.07, 6.45) is 1.71. The number of unbranched alkanes of at least 4 members (excludes halogenated alkanes) is 1. The number of nitrogens with zero attached hydrogens (tertiary/aromatic N) is 6. The van der Waals surface area contributed by atoms with Gasteiger partial charge in [-0.2, -0.15) is 4.98 Å². The van der Waals surface area contributed by atoms with Crippen molar-refractivity contribution in [1.29, 1.82) is 0 Å². The number of aryl methyl sites for hydroxylation is 2. The van der Waals surface area contributed by atoms with Gasteiger partial charge in [0, 0.05) is 51.2 Å². The Hall–Kier alpha value is -2.39. The van der Waals surface area contributed by atoms with E-state index in [2.05, 4.69) is 16.4 Å². The number of morpholine rings is 1. The lowest BCUT2D eigenvalue weighted by atomic mass is 10.3. The Morgan fingerprint density at radius 2 is 1.72 bits per heavy atom. The molecule has 0 N–H and O–H groups in total. The van der Waals surface area contributed by atoms with Gasteiger partial charge in [-0.1, -0.05) is 13.3 Å². The lowest BCUT2D eigenvalue weighted by Gasteiger charge is -2.26. The van der Waals surface area contributed by atoms with E-state index in [1.54, 1.807) is 7.05 Å². The van der Waals surface area contributed by atoms with Crippen LogP contribution in [0.5, 0.6) is 0 Å². The predicted molar refractivity (Wildman–Crippen MR) is 112 cm³/mol. The van der Waals surface area contributed by atoms with Crippen LogP contribution in [0.1, 0.15) is 31.2 Å². The van der Waals surface area contributed by atoms with Crippen LogP contribution in [0.2, 0.25) is 0 Å². The molecule has 4 heterocycles. The zero-order valence-electron chi connectivity index (χ0n) is 17.8. The second-order valence-electron chi connectivity index (χ2n) is 7.85. The Bertz CT molecular complexity index is 1160. The van der Waals surface area contributed by atoms with Crippen LogP contribution in [-0.4, -0.2) is 60.8 Å². The first-order valence-electron chi connectivity index (χ1n) is 10.4. The number of ether oxygens (including phenoxy) is 1. The van der Waals surface area contributed by atoms with Crippen LogP contribution in [0, 0.1) is 13.8 Å². The summed E-state index contributed by atoms with van der Waals surface area (Å²) < 4.78 is 12.4. The van der Waals surface area contributed by atoms with Crippen molar-refractivity contribution in [2.45, 2.75) is 46.7 Å². The molecule has 1 aliphatic rings. The molecule has 3 aromatic heterocycles. The highest BCUT2D eigenvalue weighted by molar-refractivity contribution is 5.76. The standard InChI is InChI=1S/C20H30N6O3/c1-5-6-7-25-18(27)16-17(22(4)20(25)28)21-19-24(14(2)15(3)26(16)19)9-8-23-10-12-29-13-11-23/h5-13H2,1-4H3. The van der Waals surface area contributed by atoms with E-state index in [1.807, 2.05) is 18.2 Å². The van der Waals surface area contributed by atoms with Crippen LogP contribution in [0.3, 0.4) is 0 Å². The van der Waals surface area contributed by atoms with Gasteiger partial charge in [0.05, 0.1) is 13.2 Å². The van der Waals surface area contributed by atoms with Crippen LogP contribution >= 0.6 is 0 Å². The number of imidazole rings is 2. The van der Waals surface area contributed by atoms with Gasteiger partial charge < -0.3 is 9.30 Å². The van der Waals surface area contributed by atoms with Crippen molar-refractivity contribution in [3.63, 3.8) is 0 Å². The van der Waals surface area contributed by atoms with Crippen molar-refractivity contribution in [2.24, 2.45) is 7.05 Å². The molecule has 1 aliphatic heterocycles. The zero-order valence-corrected chi connectivity index (χ0v) is 17.8. The van der Waals surface area contributed by atoms with Crippen molar-refractivity contribution in [3.8, 4) is 0 Å². The highest BCUT2D eigenvalue weighted by atomic mass is 16.5. The Labute approximate surface area is 169 Å². The average molecular weight is 402 g/mol. The summed E-state index contributed by atoms with van der Waals surface area (Å²) in [6, 6.07) is 0. The summed E-state index contributed by atoms with van der Waals surface area (Å²) in [5.41, 5.74) is 2.47. The third-order valence-corrected chi connectivity index (χ3v) is 6.11. The maximum absolute atomic E-state index is 13.2. The fourth-order valence-corrected chi connectivity index (χ4v) is 4.16. The lowest BCUT2D eigenvalue weighted by Crippen LogP contribution is -2.39. The van der Waals surface area contributed by atoms with Gasteiger partial charge >= 0.3 is 5.69 Å². The molecule has 1 fully saturated rings. The monoisotopic (exact) mass is 402 g/mol. The summed E-state index contributed by atoms with van der Waals surface area (Å²) in [6.45, 7) is 11.6. The molecule has 9 nitrogen and oxygen atoms in total. The van der Waals surface area contributed by atoms with Gasteiger partial charge in [-0.25, -0.2) is 4.79 Å². The summed E-state index contributed by atoms with van der Waals surface area (Å²) in [5, 5.41) is 0. The number of fused-ring (bicyclic) bond motifs is 3. The fourth-order valence-electron chi connectivity index (χ4n) is 4.16. The highest BCUT2D eigenvalue weighted by Crippen LogP contribution is 2.20. The Kier molecular flexibility index (Phi) is 5.35. The number of hydrogen-bond donors (Lipinski definition) is 0. The van der Waals surface area contributed by atoms with Crippen LogP contribution in [0.25, 0.3) is 16.9 Å². The molecule has 0 spiro atoms. The molecule has 9 heteroatoms. The largest absolute Gasteiger partial charge is 0.379 e. The van der Waals surface area contributed by atoms with Gasteiger partial charge in [0.1, 0.15) is 0 Å². The lowest BCUT2D eigenvalue weighted by molar-refractivity contribution is 0.0364. The Morgan fingerprint density at radius 1 is 1.00 bits per heavy atom. The molecule has 1 saturated heterocycles. The summed E-state index contributed by atoms with van der Waals surface area (Å²) in [5.74, 6) is 0.726. The topological polar surface area (TPSA) is 78.7 Å². The van der Waals surface area contributed by atoms with Crippen LogP contribution in [0.4, 0.5) is 0 Å². The summed E-state index contributed by atoms with van der Waals surface area (Å²) in [4.78, 5) is 33.1. The predicted octanol–water partition coefficient (Wildman–Crippen LogP) is 0.899. The smallest absolute Gasteiger partial charge is 0.332 e. The number of rotatable bonds is 6. The van der Waals surface area contributed by atoms with Gasteiger partial charge in [0.2, 0.25) is 5.78 Å². The average Bonchev–Trinajstić information content (AvgIpc) is 3.22. The molecule has 0 aliphatic carbocycles. The molecule has 4 rings (SSSR count). The minimum atomic E-state index is -0.300. The van der Waals surface area contributed by atoms with Crippen molar-refractivity contribution < 1.29 is 4.74 Å².